The summed E-state index contributed by atoms with van der Waals surface area (Å²) >= 11 is 6.22. The van der Waals surface area contributed by atoms with E-state index in [2.05, 4.69) is 15.1 Å². The van der Waals surface area contributed by atoms with Gasteiger partial charge in [-0.2, -0.15) is 13.2 Å². The molecule has 1 aromatic heterocycles. The van der Waals surface area contributed by atoms with Crippen LogP contribution in [0.4, 0.5) is 22.0 Å². The van der Waals surface area contributed by atoms with E-state index in [0.29, 0.717) is 13.1 Å². The van der Waals surface area contributed by atoms with Crippen LogP contribution in [-0.4, -0.2) is 44.4 Å². The molecule has 12 heteroatoms. The Kier molecular flexibility index (Phi) is 5.19. The number of rotatable bonds is 2. The van der Waals surface area contributed by atoms with Crippen LogP contribution >= 0.6 is 11.6 Å². The van der Waals surface area contributed by atoms with Crippen molar-refractivity contribution >= 4 is 23.2 Å². The molecule has 0 N–H and O–H groups in total. The van der Waals surface area contributed by atoms with Crippen molar-refractivity contribution in [2.75, 3.05) is 13.1 Å². The van der Waals surface area contributed by atoms with Crippen molar-refractivity contribution in [1.82, 2.24) is 19.7 Å². The van der Waals surface area contributed by atoms with Crippen molar-refractivity contribution in [2.24, 2.45) is 4.99 Å². The average molecular weight is 496 g/mol. The SMILES string of the molecule is C[C@@H]1N=C(c2c(F)cccc2F)c2c(ccc(C(F)(F)F)c2Cl)-n2nc(C(=O)N3CCC3)nc21. The number of benzene rings is 2. The first-order valence-corrected chi connectivity index (χ1v) is 10.6. The largest absolute Gasteiger partial charge is 0.417 e. The third kappa shape index (κ3) is 3.46. The Balaban J connectivity index is 1.80. The Morgan fingerprint density at radius 3 is 2.35 bits per heavy atom. The third-order valence-electron chi connectivity index (χ3n) is 5.75. The number of hydrogen-bond acceptors (Lipinski definition) is 4. The zero-order valence-corrected chi connectivity index (χ0v) is 18.3. The van der Waals surface area contributed by atoms with E-state index in [-0.39, 0.29) is 22.9 Å². The predicted octanol–water partition coefficient (Wildman–Crippen LogP) is 4.98. The lowest BCUT2D eigenvalue weighted by molar-refractivity contribution is -0.137. The zero-order chi connectivity index (χ0) is 24.4. The van der Waals surface area contributed by atoms with E-state index in [9.17, 15) is 26.7 Å². The van der Waals surface area contributed by atoms with Gasteiger partial charge in [0.25, 0.3) is 5.91 Å². The molecule has 0 saturated carbocycles. The average Bonchev–Trinajstić information content (AvgIpc) is 3.11. The van der Waals surface area contributed by atoms with E-state index in [0.717, 1.165) is 41.4 Å². The van der Waals surface area contributed by atoms with Gasteiger partial charge in [-0.25, -0.2) is 18.4 Å². The fourth-order valence-electron chi connectivity index (χ4n) is 3.94. The number of carbonyl (C=O) groups is 1. The van der Waals surface area contributed by atoms with E-state index >= 15 is 0 Å². The number of nitrogens with zero attached hydrogens (tertiary/aromatic N) is 5. The van der Waals surface area contributed by atoms with Crippen LogP contribution in [0.5, 0.6) is 0 Å². The molecule has 1 amide bonds. The van der Waals surface area contributed by atoms with E-state index < -0.39 is 51.6 Å². The summed E-state index contributed by atoms with van der Waals surface area (Å²) in [6, 6.07) is 3.97. The second-order valence-corrected chi connectivity index (χ2v) is 8.30. The summed E-state index contributed by atoms with van der Waals surface area (Å²) < 4.78 is 71.6. The number of hydrogen-bond donors (Lipinski definition) is 0. The summed E-state index contributed by atoms with van der Waals surface area (Å²) in [4.78, 5) is 22.8. The van der Waals surface area contributed by atoms with Gasteiger partial charge < -0.3 is 4.90 Å². The normalized spacial score (nSPS) is 17.4. The molecule has 1 saturated heterocycles. The molecule has 0 aliphatic carbocycles. The van der Waals surface area contributed by atoms with Crippen molar-refractivity contribution in [3.8, 4) is 5.69 Å². The summed E-state index contributed by atoms with van der Waals surface area (Å²) in [5.74, 6) is -2.51. The lowest BCUT2D eigenvalue weighted by atomic mass is 9.97. The molecule has 5 rings (SSSR count). The molecule has 3 heterocycles. The Hall–Kier alpha value is -3.34. The first-order valence-electron chi connectivity index (χ1n) is 10.3. The maximum Gasteiger partial charge on any atom is 0.417 e. The van der Waals surface area contributed by atoms with Crippen LogP contribution in [0.2, 0.25) is 5.02 Å². The van der Waals surface area contributed by atoms with Gasteiger partial charge in [0.05, 0.1) is 27.5 Å². The monoisotopic (exact) mass is 495 g/mol. The lowest BCUT2D eigenvalue weighted by Crippen LogP contribution is -2.42. The minimum atomic E-state index is -4.84. The topological polar surface area (TPSA) is 63.4 Å². The smallest absolute Gasteiger partial charge is 0.336 e. The molecular formula is C22H15ClF5N5O. The van der Waals surface area contributed by atoms with Gasteiger partial charge in [-0.3, -0.25) is 9.79 Å². The van der Waals surface area contributed by atoms with Crippen molar-refractivity contribution in [2.45, 2.75) is 25.6 Å². The summed E-state index contributed by atoms with van der Waals surface area (Å²) in [6.07, 6.45) is -4.00. The van der Waals surface area contributed by atoms with Crippen molar-refractivity contribution in [3.63, 3.8) is 0 Å². The summed E-state index contributed by atoms with van der Waals surface area (Å²) in [5.41, 5.74) is -2.63. The quantitative estimate of drug-likeness (QED) is 0.471. The van der Waals surface area contributed by atoms with E-state index in [1.54, 1.807) is 0 Å². The summed E-state index contributed by atoms with van der Waals surface area (Å²) in [7, 11) is 0. The molecule has 2 aliphatic rings. The van der Waals surface area contributed by atoms with Crippen LogP contribution in [0.3, 0.4) is 0 Å². The Bertz CT molecular complexity index is 1340. The van der Waals surface area contributed by atoms with Crippen LogP contribution in [-0.2, 0) is 6.18 Å². The molecule has 1 fully saturated rings. The van der Waals surface area contributed by atoms with E-state index in [4.69, 9.17) is 11.6 Å². The molecule has 2 aliphatic heterocycles. The molecule has 3 aromatic rings. The second kappa shape index (κ2) is 7.86. The Labute approximate surface area is 194 Å². The summed E-state index contributed by atoms with van der Waals surface area (Å²) in [6.45, 7) is 2.62. The number of carbonyl (C=O) groups excluding carboxylic acids is 1. The van der Waals surface area contributed by atoms with Gasteiger partial charge in [-0.15, -0.1) is 5.10 Å². The maximum absolute atomic E-state index is 14.7. The van der Waals surface area contributed by atoms with Gasteiger partial charge in [-0.1, -0.05) is 17.7 Å². The summed E-state index contributed by atoms with van der Waals surface area (Å²) in [5, 5.41) is 3.43. The standard InChI is InChI=1S/C22H15ClF5N5O/c1-10-20-30-19(21(34)32-8-3-9-32)31-33(20)14-7-6-11(22(26,27)28)17(23)16(14)18(29-10)15-12(24)4-2-5-13(15)25/h2,4-7,10H,3,8-9H2,1H3/t10-/m0/s1. The maximum atomic E-state index is 14.7. The van der Waals surface area contributed by atoms with Crippen LogP contribution in [0.15, 0.2) is 35.3 Å². The highest BCUT2D eigenvalue weighted by molar-refractivity contribution is 6.37. The Morgan fingerprint density at radius 1 is 1.09 bits per heavy atom. The highest BCUT2D eigenvalue weighted by Gasteiger charge is 2.39. The van der Waals surface area contributed by atoms with E-state index in [1.165, 1.54) is 11.8 Å². The molecule has 0 radical (unpaired) electrons. The fourth-order valence-corrected chi connectivity index (χ4v) is 4.30. The Morgan fingerprint density at radius 2 is 1.76 bits per heavy atom. The fraction of sp³-hybridized carbons (Fsp3) is 0.273. The number of fused-ring (bicyclic) bond motifs is 3. The molecule has 0 bridgehead atoms. The van der Waals surface area contributed by atoms with Crippen molar-refractivity contribution < 1.29 is 26.7 Å². The van der Waals surface area contributed by atoms with Crippen LogP contribution in [0.1, 0.15) is 52.5 Å². The minimum Gasteiger partial charge on any atom is -0.336 e. The van der Waals surface area contributed by atoms with Gasteiger partial charge in [0.15, 0.2) is 5.82 Å². The molecule has 6 nitrogen and oxygen atoms in total. The lowest BCUT2D eigenvalue weighted by Gasteiger charge is -2.29. The third-order valence-corrected chi connectivity index (χ3v) is 6.15. The van der Waals surface area contributed by atoms with Crippen molar-refractivity contribution in [3.05, 3.63) is 75.3 Å². The zero-order valence-electron chi connectivity index (χ0n) is 17.5. The number of likely N-dealkylation sites (tertiary alicyclic amines) is 1. The van der Waals surface area contributed by atoms with Gasteiger partial charge in [0, 0.05) is 18.7 Å². The van der Waals surface area contributed by atoms with Crippen molar-refractivity contribution in [1.29, 1.82) is 0 Å². The van der Waals surface area contributed by atoms with Gasteiger partial charge in [-0.05, 0) is 37.6 Å². The second-order valence-electron chi connectivity index (χ2n) is 7.92. The van der Waals surface area contributed by atoms with E-state index in [1.807, 2.05) is 0 Å². The van der Waals surface area contributed by atoms with Crippen LogP contribution < -0.4 is 0 Å². The first-order chi connectivity index (χ1) is 16.1. The number of aliphatic imine (C=N–C) groups is 1. The van der Waals surface area contributed by atoms with Gasteiger partial charge in [0.2, 0.25) is 5.82 Å². The molecule has 0 unspecified atom stereocenters. The molecule has 1 atom stereocenters. The predicted molar refractivity (Wildman–Crippen MR) is 112 cm³/mol. The highest BCUT2D eigenvalue weighted by Crippen LogP contribution is 2.41. The first kappa shape index (κ1) is 22.5. The molecule has 34 heavy (non-hydrogen) atoms. The van der Waals surface area contributed by atoms with Crippen LogP contribution in [0, 0.1) is 11.6 Å². The van der Waals surface area contributed by atoms with Gasteiger partial charge >= 0.3 is 6.18 Å². The molecule has 2 aromatic carbocycles. The number of amides is 1. The number of alkyl halides is 3. The number of aromatic nitrogens is 3. The number of halogens is 6. The van der Waals surface area contributed by atoms with Gasteiger partial charge in [0.1, 0.15) is 17.7 Å². The van der Waals surface area contributed by atoms with Crippen LogP contribution in [0.25, 0.3) is 5.69 Å². The molecule has 0 spiro atoms. The molecular weight excluding hydrogens is 481 g/mol. The molecule has 176 valence electrons. The highest BCUT2D eigenvalue weighted by atomic mass is 35.5. The minimum absolute atomic E-state index is 0.0334.